The van der Waals surface area contributed by atoms with Crippen molar-refractivity contribution in [2.24, 2.45) is 4.99 Å². The van der Waals surface area contributed by atoms with Crippen LogP contribution in [0.5, 0.6) is 11.5 Å². The molecule has 3 aliphatic heterocycles. The molecule has 0 radical (unpaired) electrons. The molecule has 1 N–H and O–H groups in total. The van der Waals surface area contributed by atoms with E-state index in [0.717, 1.165) is 5.56 Å². The number of carbonyl (C=O) groups is 2. The van der Waals surface area contributed by atoms with Gasteiger partial charge in [-0.3, -0.25) is 4.79 Å². The number of nitrogens with zero attached hydrogens (tertiary/aromatic N) is 2. The van der Waals surface area contributed by atoms with Gasteiger partial charge in [0.05, 0.1) is 17.5 Å². The van der Waals surface area contributed by atoms with Crippen LogP contribution in [-0.2, 0) is 30.7 Å². The molecule has 1 amide bonds. The highest BCUT2D eigenvalue weighted by atomic mass is 32.2. The minimum atomic E-state index is -3.15. The van der Waals surface area contributed by atoms with Crippen LogP contribution in [0.15, 0.2) is 23.2 Å². The van der Waals surface area contributed by atoms with E-state index in [1.807, 2.05) is 17.0 Å². The third kappa shape index (κ3) is 4.49. The van der Waals surface area contributed by atoms with Crippen LogP contribution < -0.4 is 9.47 Å². The van der Waals surface area contributed by atoms with Gasteiger partial charge < -0.3 is 24.2 Å². The van der Waals surface area contributed by atoms with Gasteiger partial charge in [-0.2, -0.15) is 4.99 Å². The van der Waals surface area contributed by atoms with Crippen molar-refractivity contribution in [2.75, 3.05) is 31.5 Å². The number of benzene rings is 1. The number of amidine groups is 1. The fourth-order valence-corrected chi connectivity index (χ4v) is 7.39. The quantitative estimate of drug-likeness (QED) is 0.647. The Bertz CT molecular complexity index is 978. The Kier molecular flexibility index (Phi) is 5.40. The topological polar surface area (TPSA) is 132 Å². The Morgan fingerprint density at radius 2 is 2.03 bits per heavy atom. The molecule has 0 bridgehead atoms. The third-order valence-electron chi connectivity index (χ3n) is 4.64. The van der Waals surface area contributed by atoms with Gasteiger partial charge >= 0.3 is 5.97 Å². The molecule has 2 atom stereocenters. The van der Waals surface area contributed by atoms with Crippen LogP contribution in [0.2, 0.25) is 0 Å². The van der Waals surface area contributed by atoms with E-state index in [1.165, 1.54) is 11.8 Å². The van der Waals surface area contributed by atoms with Crippen molar-refractivity contribution < 1.29 is 37.3 Å². The number of sulfone groups is 1. The number of aliphatic imine (C=N–C) groups is 1. The average molecular weight is 442 g/mol. The summed E-state index contributed by atoms with van der Waals surface area (Å²) < 4.78 is 39.6. The maximum Gasteiger partial charge on any atom is 0.329 e. The first-order valence-electron chi connectivity index (χ1n) is 8.74. The predicted molar refractivity (Wildman–Crippen MR) is 103 cm³/mol. The molecule has 1 aromatic rings. The summed E-state index contributed by atoms with van der Waals surface area (Å²) >= 11 is 1.25. The van der Waals surface area contributed by atoms with Crippen molar-refractivity contribution in [3.05, 3.63) is 23.8 Å². The van der Waals surface area contributed by atoms with Gasteiger partial charge in [-0.25, -0.2) is 13.2 Å². The van der Waals surface area contributed by atoms with Gasteiger partial charge in [0.25, 0.3) is 5.91 Å². The highest BCUT2D eigenvalue weighted by Crippen LogP contribution is 2.40. The molecule has 3 heterocycles. The standard InChI is InChI=1S/C17H18N2O8S2/c20-15(5-25-6-16(21)22)18-17-19(11-7-29(23,24)8-14(11)28-17)4-10-1-2-12-13(3-10)27-9-26-12/h1-3,11,14H,4-9H2,(H,21,22). The highest BCUT2D eigenvalue weighted by molar-refractivity contribution is 8.15. The average Bonchev–Trinajstić information content (AvgIpc) is 3.28. The van der Waals surface area contributed by atoms with Crippen molar-refractivity contribution >= 4 is 38.6 Å². The zero-order valence-electron chi connectivity index (χ0n) is 15.1. The molecule has 12 heteroatoms. The number of carbonyl (C=O) groups excluding carboxylic acids is 1. The third-order valence-corrected chi connectivity index (χ3v) is 7.88. The Balaban J connectivity index is 1.53. The van der Waals surface area contributed by atoms with Gasteiger partial charge in [0.1, 0.15) is 13.2 Å². The second kappa shape index (κ2) is 7.84. The molecule has 2 unspecified atom stereocenters. The van der Waals surface area contributed by atoms with Crippen LogP contribution in [0, 0.1) is 0 Å². The fourth-order valence-electron chi connectivity index (χ4n) is 3.42. The maximum atomic E-state index is 12.1. The molecule has 0 aromatic heterocycles. The van der Waals surface area contributed by atoms with Gasteiger partial charge in [0, 0.05) is 11.8 Å². The molecule has 0 spiro atoms. The van der Waals surface area contributed by atoms with Crippen LogP contribution in [0.1, 0.15) is 5.56 Å². The number of ether oxygens (including phenoxy) is 3. The van der Waals surface area contributed by atoms with Crippen molar-refractivity contribution in [1.29, 1.82) is 0 Å². The summed E-state index contributed by atoms with van der Waals surface area (Å²) in [7, 11) is -3.15. The Morgan fingerprint density at radius 1 is 1.24 bits per heavy atom. The molecular weight excluding hydrogens is 424 g/mol. The summed E-state index contributed by atoms with van der Waals surface area (Å²) in [6.45, 7) is -0.544. The molecule has 10 nitrogen and oxygen atoms in total. The minimum absolute atomic E-state index is 0.00204. The number of fused-ring (bicyclic) bond motifs is 2. The summed E-state index contributed by atoms with van der Waals surface area (Å²) in [6.07, 6.45) is 0. The Morgan fingerprint density at radius 3 is 2.83 bits per heavy atom. The molecule has 0 aliphatic carbocycles. The second-order valence-corrected chi connectivity index (χ2v) is 10.2. The normalized spacial score (nSPS) is 25.4. The van der Waals surface area contributed by atoms with Crippen molar-refractivity contribution in [1.82, 2.24) is 4.90 Å². The SMILES string of the molecule is O=C(O)COCC(=O)N=C1SC2CS(=O)(=O)CC2N1Cc1ccc2c(c1)OCO2. The smallest absolute Gasteiger partial charge is 0.329 e. The Labute approximate surface area is 170 Å². The lowest BCUT2D eigenvalue weighted by atomic mass is 10.1. The van der Waals surface area contributed by atoms with E-state index in [0.29, 0.717) is 23.2 Å². The number of thioether (sulfide) groups is 1. The first-order chi connectivity index (χ1) is 13.8. The first kappa shape index (κ1) is 20.0. The van der Waals surface area contributed by atoms with Crippen LogP contribution in [0.3, 0.4) is 0 Å². The zero-order valence-corrected chi connectivity index (χ0v) is 16.8. The minimum Gasteiger partial charge on any atom is -0.480 e. The number of hydrogen-bond donors (Lipinski definition) is 1. The first-order valence-corrected chi connectivity index (χ1v) is 11.4. The van der Waals surface area contributed by atoms with Crippen LogP contribution in [-0.4, -0.2) is 78.3 Å². The zero-order chi connectivity index (χ0) is 20.6. The monoisotopic (exact) mass is 442 g/mol. The summed E-state index contributed by atoms with van der Waals surface area (Å²) in [5, 5.41) is 8.79. The predicted octanol–water partition coefficient (Wildman–Crippen LogP) is 0.114. The van der Waals surface area contributed by atoms with E-state index in [-0.39, 0.29) is 29.6 Å². The van der Waals surface area contributed by atoms with Gasteiger partial charge in [0.15, 0.2) is 26.5 Å². The molecule has 2 fully saturated rings. The van der Waals surface area contributed by atoms with Gasteiger partial charge in [0.2, 0.25) is 6.79 Å². The van der Waals surface area contributed by atoms with E-state index in [4.69, 9.17) is 19.3 Å². The molecule has 0 saturated carbocycles. The number of carboxylic acid groups (broad SMARTS) is 1. The number of amides is 1. The molecule has 2 saturated heterocycles. The summed E-state index contributed by atoms with van der Waals surface area (Å²) in [5.41, 5.74) is 0.863. The highest BCUT2D eigenvalue weighted by Gasteiger charge is 2.48. The van der Waals surface area contributed by atoms with Gasteiger partial charge in [-0.1, -0.05) is 17.8 Å². The van der Waals surface area contributed by atoms with Crippen LogP contribution in [0.25, 0.3) is 0 Å². The lowest BCUT2D eigenvalue weighted by molar-refractivity contribution is -0.143. The molecular formula is C17H18N2O8S2. The maximum absolute atomic E-state index is 12.1. The summed E-state index contributed by atoms with van der Waals surface area (Å²) in [6, 6.07) is 5.16. The molecule has 4 rings (SSSR count). The van der Waals surface area contributed by atoms with Gasteiger partial charge in [-0.15, -0.1) is 0 Å². The molecule has 3 aliphatic rings. The van der Waals surface area contributed by atoms with Gasteiger partial charge in [-0.05, 0) is 17.7 Å². The van der Waals surface area contributed by atoms with E-state index in [2.05, 4.69) is 4.99 Å². The number of rotatable bonds is 6. The Hall–Kier alpha value is -2.31. The van der Waals surface area contributed by atoms with Crippen LogP contribution >= 0.6 is 11.8 Å². The largest absolute Gasteiger partial charge is 0.480 e. The number of carboxylic acids is 1. The van der Waals surface area contributed by atoms with E-state index < -0.39 is 34.9 Å². The van der Waals surface area contributed by atoms with Crippen LogP contribution in [0.4, 0.5) is 0 Å². The fraction of sp³-hybridized carbons (Fsp3) is 0.471. The number of aliphatic carboxylic acids is 1. The van der Waals surface area contributed by atoms with Crippen molar-refractivity contribution in [2.45, 2.75) is 17.8 Å². The molecule has 156 valence electrons. The van der Waals surface area contributed by atoms with Crippen molar-refractivity contribution in [3.8, 4) is 11.5 Å². The van der Waals surface area contributed by atoms with E-state index >= 15 is 0 Å². The molecule has 29 heavy (non-hydrogen) atoms. The molecule has 1 aromatic carbocycles. The van der Waals surface area contributed by atoms with Crippen molar-refractivity contribution in [3.63, 3.8) is 0 Å². The lowest BCUT2D eigenvalue weighted by Gasteiger charge is -2.24. The van der Waals surface area contributed by atoms with E-state index in [9.17, 15) is 18.0 Å². The lowest BCUT2D eigenvalue weighted by Crippen LogP contribution is -2.37. The second-order valence-electron chi connectivity index (χ2n) is 6.79. The summed E-state index contributed by atoms with van der Waals surface area (Å²) in [4.78, 5) is 28.4. The summed E-state index contributed by atoms with van der Waals surface area (Å²) in [5.74, 6) is -0.509. The van der Waals surface area contributed by atoms with E-state index in [1.54, 1.807) is 6.07 Å². The number of hydrogen-bond acceptors (Lipinski definition) is 8.